The van der Waals surface area contributed by atoms with Crippen molar-refractivity contribution < 1.29 is 0 Å². The third-order valence-electron chi connectivity index (χ3n) is 21.1. The van der Waals surface area contributed by atoms with Crippen molar-refractivity contribution in [2.45, 2.75) is 149 Å². The number of nitrogens with zero attached hydrogens (tertiary/aromatic N) is 3. The third-order valence-corrected chi connectivity index (χ3v) is 23.2. The highest BCUT2D eigenvalue weighted by molar-refractivity contribution is 6.88. The molecule has 0 fully saturated rings. The fourth-order valence-electron chi connectivity index (χ4n) is 15.7. The molecule has 1 unspecified atom stereocenters. The van der Waals surface area contributed by atoms with Crippen LogP contribution in [0.5, 0.6) is 0 Å². The van der Waals surface area contributed by atoms with Gasteiger partial charge in [-0.05, 0) is 202 Å². The van der Waals surface area contributed by atoms with Crippen LogP contribution in [-0.4, -0.2) is 8.07 Å². The first-order valence-corrected chi connectivity index (χ1v) is 38.6. The molecule has 0 saturated carbocycles. The Bertz CT molecular complexity index is 4840. The van der Waals surface area contributed by atoms with Crippen LogP contribution in [0, 0.1) is 0 Å². The van der Waals surface area contributed by atoms with Gasteiger partial charge in [0.15, 0.2) is 0 Å². The van der Waals surface area contributed by atoms with Gasteiger partial charge >= 0.3 is 0 Å². The lowest BCUT2D eigenvalue weighted by Crippen LogP contribution is -2.38. The normalized spacial score (nSPS) is 15.0. The zero-order chi connectivity index (χ0) is 68.4. The summed E-state index contributed by atoms with van der Waals surface area (Å²) in [6.07, 6.45) is 0. The molecule has 0 N–H and O–H groups in total. The molecule has 3 nitrogen and oxygen atoms in total. The number of hydrogen-bond donors (Lipinski definition) is 0. The van der Waals surface area contributed by atoms with E-state index in [1.165, 1.54) is 99.5 Å². The van der Waals surface area contributed by atoms with Crippen molar-refractivity contribution in [3.05, 3.63) is 323 Å². The molecule has 0 spiro atoms. The van der Waals surface area contributed by atoms with Crippen LogP contribution in [0.1, 0.15) is 153 Å². The number of para-hydroxylation sites is 2. The van der Waals surface area contributed by atoms with E-state index in [1.807, 2.05) is 0 Å². The minimum Gasteiger partial charge on any atom is -0.311 e. The smallest absolute Gasteiger partial charge is 0.0775 e. The topological polar surface area (TPSA) is 9.72 Å². The van der Waals surface area contributed by atoms with Gasteiger partial charge in [0, 0.05) is 50.6 Å². The average molecular weight is 1280 g/mol. The predicted octanol–water partition coefficient (Wildman–Crippen LogP) is 25.7. The van der Waals surface area contributed by atoms with Gasteiger partial charge in [0.05, 0.1) is 24.9 Å². The number of rotatable bonds is 12. The first-order chi connectivity index (χ1) is 46.0. The molecule has 2 aliphatic carbocycles. The zero-order valence-electron chi connectivity index (χ0n) is 60.2. The van der Waals surface area contributed by atoms with E-state index in [1.54, 1.807) is 0 Å². The van der Waals surface area contributed by atoms with Gasteiger partial charge in [-0.1, -0.05) is 292 Å². The molecule has 97 heavy (non-hydrogen) atoms. The largest absolute Gasteiger partial charge is 0.311 e. The summed E-state index contributed by atoms with van der Waals surface area (Å²) in [5.41, 5.74) is 26.7. The summed E-state index contributed by atoms with van der Waals surface area (Å²) in [6, 6.07) is 103. The Morgan fingerprint density at radius 3 is 1.04 bits per heavy atom. The Morgan fingerprint density at radius 1 is 0.289 bits per heavy atom. The van der Waals surface area contributed by atoms with Gasteiger partial charge in [0.1, 0.15) is 0 Å². The summed E-state index contributed by atoms with van der Waals surface area (Å²) >= 11 is 0. The summed E-state index contributed by atoms with van der Waals surface area (Å²) in [4.78, 5) is 7.57. The molecule has 4 heteroatoms. The molecular formula is C93H95N3Si. The second-order valence-corrected chi connectivity index (χ2v) is 38.2. The molecule has 0 bridgehead atoms. The maximum atomic E-state index is 2.67. The van der Waals surface area contributed by atoms with Crippen molar-refractivity contribution in [1.82, 2.24) is 0 Å². The van der Waals surface area contributed by atoms with E-state index < -0.39 is 18.9 Å². The van der Waals surface area contributed by atoms with Crippen LogP contribution in [-0.2, 0) is 32.5 Å². The monoisotopic (exact) mass is 1280 g/mol. The van der Waals surface area contributed by atoms with Gasteiger partial charge in [-0.3, -0.25) is 0 Å². The minimum atomic E-state index is -1.81. The molecule has 0 aromatic heterocycles. The highest BCUT2D eigenvalue weighted by atomic mass is 28.3. The number of anilines is 9. The van der Waals surface area contributed by atoms with Gasteiger partial charge < -0.3 is 14.7 Å². The molecule has 0 saturated heterocycles. The Balaban J connectivity index is 1.15. The van der Waals surface area contributed by atoms with Crippen LogP contribution in [0.4, 0.5) is 51.2 Å². The van der Waals surface area contributed by atoms with Crippen LogP contribution in [0.2, 0.25) is 19.6 Å². The highest BCUT2D eigenvalue weighted by Crippen LogP contribution is 2.67. The van der Waals surface area contributed by atoms with E-state index in [-0.39, 0.29) is 21.7 Å². The SMILES string of the molecule is CC(C)(C)c1ccc(N(c2ccc(C(C)(C)C)cc2)c2ccc(C3(c4ccc([Si](C)(C)C)cc4)c4cc(N(c5ccccc5)c5ccc(C(C)(C)C)cc5)c5c(c4-c4c3cc(N(c3ccccc3)c3ccc(C(C)(C)C)cc3)c3ccccc43)-c3ccccc3C5(C)C)cc2)cc1. The van der Waals surface area contributed by atoms with Crippen molar-refractivity contribution in [3.63, 3.8) is 0 Å². The van der Waals surface area contributed by atoms with Crippen LogP contribution in [0.3, 0.4) is 0 Å². The summed E-state index contributed by atoms with van der Waals surface area (Å²) in [6.45, 7) is 40.0. The van der Waals surface area contributed by atoms with Crippen molar-refractivity contribution >= 4 is 75.2 Å². The zero-order valence-corrected chi connectivity index (χ0v) is 61.2. The Kier molecular flexibility index (Phi) is 15.8. The third kappa shape index (κ3) is 11.2. The van der Waals surface area contributed by atoms with Gasteiger partial charge in [-0.25, -0.2) is 0 Å². The van der Waals surface area contributed by atoms with Gasteiger partial charge in [-0.15, -0.1) is 0 Å². The Morgan fingerprint density at radius 2 is 0.619 bits per heavy atom. The van der Waals surface area contributed by atoms with Crippen LogP contribution in [0.25, 0.3) is 33.0 Å². The van der Waals surface area contributed by atoms with Crippen molar-refractivity contribution in [2.75, 3.05) is 14.7 Å². The van der Waals surface area contributed by atoms with E-state index in [0.29, 0.717) is 0 Å². The van der Waals surface area contributed by atoms with Crippen LogP contribution >= 0.6 is 0 Å². The lowest BCUT2D eigenvalue weighted by Gasteiger charge is -2.38. The van der Waals surface area contributed by atoms with E-state index >= 15 is 0 Å². The molecule has 486 valence electrons. The summed E-state index contributed by atoms with van der Waals surface area (Å²) < 4.78 is 0. The maximum absolute atomic E-state index is 2.67. The second kappa shape index (κ2) is 23.7. The maximum Gasteiger partial charge on any atom is 0.0775 e. The molecule has 2 aliphatic rings. The van der Waals surface area contributed by atoms with Crippen LogP contribution < -0.4 is 19.9 Å². The Hall–Kier alpha value is -9.48. The number of hydrogen-bond acceptors (Lipinski definition) is 3. The van der Waals surface area contributed by atoms with Crippen molar-refractivity contribution in [2.24, 2.45) is 0 Å². The summed E-state index contributed by atoms with van der Waals surface area (Å²) in [5.74, 6) is 0. The highest BCUT2D eigenvalue weighted by Gasteiger charge is 2.53. The van der Waals surface area contributed by atoms with E-state index in [4.69, 9.17) is 0 Å². The molecule has 0 aliphatic heterocycles. The van der Waals surface area contributed by atoms with E-state index in [9.17, 15) is 0 Å². The lowest BCUT2D eigenvalue weighted by molar-refractivity contribution is 0.590. The van der Waals surface area contributed by atoms with Gasteiger partial charge in [0.2, 0.25) is 0 Å². The Labute approximate surface area is 580 Å². The van der Waals surface area contributed by atoms with Crippen molar-refractivity contribution in [3.8, 4) is 22.3 Å². The second-order valence-electron chi connectivity index (χ2n) is 33.1. The van der Waals surface area contributed by atoms with Gasteiger partial charge in [-0.2, -0.15) is 0 Å². The molecule has 0 heterocycles. The van der Waals surface area contributed by atoms with E-state index in [0.717, 1.165) is 45.5 Å². The van der Waals surface area contributed by atoms with Crippen molar-refractivity contribution in [1.29, 1.82) is 0 Å². The molecule has 14 rings (SSSR count). The first-order valence-electron chi connectivity index (χ1n) is 35.1. The standard InChI is InChI=1S/C93H95N3Si/c1-88(2,3)62-36-48-70(49-37-62)94(71-50-38-63(39-51-71)89(4,5)6)72-56-44-66(45-57-72)93(67-46-58-75(59-47-67)97(15,16)17)80-60-82(95(68-28-20-18-21-29-68)73-52-40-64(41-53-73)90(7,8)9)76-32-24-25-33-77(76)84(80)86-81(93)61-83(87-85(86)78-34-26-27-35-79(78)92(87,13)14)96(69-30-22-19-23-31-69)74-54-42-65(43-55-74)91(10,11)12/h18-61H,1-17H3. The molecular weight excluding hydrogens is 1190 g/mol. The molecule has 12 aromatic carbocycles. The molecule has 0 amide bonds. The average Bonchev–Trinajstić information content (AvgIpc) is 1.50. The van der Waals surface area contributed by atoms with E-state index in [2.05, 4.69) is 398 Å². The quantitative estimate of drug-likeness (QED) is 0.113. The lowest BCUT2D eigenvalue weighted by atomic mass is 9.66. The van der Waals surface area contributed by atoms with Gasteiger partial charge in [0.25, 0.3) is 0 Å². The summed E-state index contributed by atoms with van der Waals surface area (Å²) in [5, 5.41) is 3.84. The molecule has 1 atom stereocenters. The molecule has 12 aromatic rings. The number of benzene rings is 12. The fraction of sp³-hybridized carbons (Fsp3) is 0.247. The molecule has 0 radical (unpaired) electrons. The van der Waals surface area contributed by atoms with Crippen LogP contribution in [0.15, 0.2) is 267 Å². The fourth-order valence-corrected chi connectivity index (χ4v) is 16.9. The first kappa shape index (κ1) is 64.8. The summed E-state index contributed by atoms with van der Waals surface area (Å²) in [7, 11) is -1.81. The minimum absolute atomic E-state index is 0.00183. The predicted molar refractivity (Wildman–Crippen MR) is 421 cm³/mol. The number of fused-ring (bicyclic) bond motifs is 9.